The predicted octanol–water partition coefficient (Wildman–Crippen LogP) is 5.03. The summed E-state index contributed by atoms with van der Waals surface area (Å²) in [6, 6.07) is 10.8. The molecule has 0 aliphatic heterocycles. The zero-order valence-electron chi connectivity index (χ0n) is 16.7. The van der Waals surface area contributed by atoms with Gasteiger partial charge in [-0.25, -0.2) is 9.78 Å². The van der Waals surface area contributed by atoms with Crippen molar-refractivity contribution < 1.29 is 19.1 Å². The molecule has 1 heterocycles. The number of esters is 1. The molecule has 0 aliphatic carbocycles. The van der Waals surface area contributed by atoms with Gasteiger partial charge >= 0.3 is 5.97 Å². The monoisotopic (exact) mass is 446 g/mol. The SMILES string of the molecule is Cc1ccc(NC(=O)COC(=O)COc2c(Cl)cc(Cl)c3ccc(C)nc23)c(C)c1. The molecule has 30 heavy (non-hydrogen) atoms. The number of carbonyl (C=O) groups is 2. The van der Waals surface area contributed by atoms with Gasteiger partial charge in [0.25, 0.3) is 5.91 Å². The standard InChI is InChI=1S/C22H20Cl2N2O4/c1-12-4-7-18(13(2)8-12)26-19(27)10-29-20(28)11-30-22-17(24)9-16(23)15-6-5-14(3)25-21(15)22/h4-9H,10-11H2,1-3H3,(H,26,27). The number of nitrogens with zero attached hydrogens (tertiary/aromatic N) is 1. The van der Waals surface area contributed by atoms with E-state index in [0.717, 1.165) is 16.8 Å². The summed E-state index contributed by atoms with van der Waals surface area (Å²) in [5, 5.41) is 4.02. The van der Waals surface area contributed by atoms with Crippen LogP contribution in [0.1, 0.15) is 16.8 Å². The molecule has 0 saturated carbocycles. The number of halogens is 2. The van der Waals surface area contributed by atoms with Crippen LogP contribution in [-0.2, 0) is 14.3 Å². The third kappa shape index (κ3) is 5.20. The first-order valence-electron chi connectivity index (χ1n) is 9.15. The Bertz CT molecular complexity index is 1130. The van der Waals surface area contributed by atoms with E-state index in [-0.39, 0.29) is 10.8 Å². The molecule has 0 unspecified atom stereocenters. The molecule has 6 nitrogen and oxygen atoms in total. The van der Waals surface area contributed by atoms with Gasteiger partial charge in [0.1, 0.15) is 5.52 Å². The Kier molecular flexibility index (Phi) is 6.80. The molecule has 3 rings (SSSR count). The van der Waals surface area contributed by atoms with E-state index in [2.05, 4.69) is 10.3 Å². The maximum atomic E-state index is 12.1. The molecule has 0 saturated heterocycles. The summed E-state index contributed by atoms with van der Waals surface area (Å²) in [5.41, 5.74) is 3.88. The van der Waals surface area contributed by atoms with Crippen molar-refractivity contribution >= 4 is 51.7 Å². The van der Waals surface area contributed by atoms with Gasteiger partial charge in [-0.05, 0) is 50.6 Å². The molecule has 2 aromatic carbocycles. The highest BCUT2D eigenvalue weighted by atomic mass is 35.5. The Balaban J connectivity index is 1.60. The second kappa shape index (κ2) is 9.32. The van der Waals surface area contributed by atoms with Crippen molar-refractivity contribution in [3.8, 4) is 5.75 Å². The molecular weight excluding hydrogens is 427 g/mol. The van der Waals surface area contributed by atoms with Crippen molar-refractivity contribution in [3.63, 3.8) is 0 Å². The van der Waals surface area contributed by atoms with Crippen LogP contribution in [0.4, 0.5) is 5.69 Å². The Labute approximate surface area is 184 Å². The van der Waals surface area contributed by atoms with Crippen molar-refractivity contribution in [2.75, 3.05) is 18.5 Å². The van der Waals surface area contributed by atoms with Gasteiger partial charge in [0.15, 0.2) is 19.0 Å². The normalized spacial score (nSPS) is 10.7. The van der Waals surface area contributed by atoms with E-state index in [9.17, 15) is 9.59 Å². The van der Waals surface area contributed by atoms with Gasteiger partial charge in [0.2, 0.25) is 0 Å². The van der Waals surface area contributed by atoms with Gasteiger partial charge in [-0.3, -0.25) is 4.79 Å². The first-order chi connectivity index (χ1) is 14.2. The molecule has 8 heteroatoms. The fourth-order valence-corrected chi connectivity index (χ4v) is 3.46. The minimum Gasteiger partial charge on any atom is -0.478 e. The average Bonchev–Trinajstić information content (AvgIpc) is 2.68. The number of aryl methyl sites for hydroxylation is 3. The molecule has 1 amide bonds. The highest BCUT2D eigenvalue weighted by Crippen LogP contribution is 2.37. The quantitative estimate of drug-likeness (QED) is 0.537. The molecule has 0 bridgehead atoms. The first-order valence-corrected chi connectivity index (χ1v) is 9.91. The molecule has 3 aromatic rings. The fraction of sp³-hybridized carbons (Fsp3) is 0.227. The van der Waals surface area contributed by atoms with Gasteiger partial charge in [-0.2, -0.15) is 0 Å². The third-order valence-corrected chi connectivity index (χ3v) is 4.93. The number of ether oxygens (including phenoxy) is 2. The molecule has 0 spiro atoms. The van der Waals surface area contributed by atoms with E-state index in [1.807, 2.05) is 39.0 Å². The summed E-state index contributed by atoms with van der Waals surface area (Å²) >= 11 is 12.4. The van der Waals surface area contributed by atoms with Crippen LogP contribution in [0.15, 0.2) is 36.4 Å². The van der Waals surface area contributed by atoms with E-state index in [4.69, 9.17) is 32.7 Å². The molecule has 156 valence electrons. The largest absolute Gasteiger partial charge is 0.478 e. The Morgan fingerprint density at radius 2 is 1.77 bits per heavy atom. The maximum Gasteiger partial charge on any atom is 0.344 e. The summed E-state index contributed by atoms with van der Waals surface area (Å²) in [5.74, 6) is -0.920. The second-order valence-electron chi connectivity index (χ2n) is 6.83. The highest BCUT2D eigenvalue weighted by molar-refractivity contribution is 6.39. The second-order valence-corrected chi connectivity index (χ2v) is 7.65. The summed E-state index contributed by atoms with van der Waals surface area (Å²) in [7, 11) is 0. The number of nitrogens with one attached hydrogen (secondary N) is 1. The summed E-state index contributed by atoms with van der Waals surface area (Å²) < 4.78 is 10.5. The van der Waals surface area contributed by atoms with Crippen LogP contribution in [0.2, 0.25) is 10.0 Å². The van der Waals surface area contributed by atoms with E-state index in [0.29, 0.717) is 21.6 Å². The highest BCUT2D eigenvalue weighted by Gasteiger charge is 2.16. The van der Waals surface area contributed by atoms with Gasteiger partial charge in [-0.15, -0.1) is 0 Å². The van der Waals surface area contributed by atoms with Crippen molar-refractivity contribution in [1.29, 1.82) is 0 Å². The van der Waals surface area contributed by atoms with Gasteiger partial charge in [-0.1, -0.05) is 40.9 Å². The van der Waals surface area contributed by atoms with Crippen LogP contribution in [0, 0.1) is 20.8 Å². The minimum absolute atomic E-state index is 0.228. The number of hydrogen-bond acceptors (Lipinski definition) is 5. The minimum atomic E-state index is -0.711. The number of hydrogen-bond donors (Lipinski definition) is 1. The lowest BCUT2D eigenvalue weighted by Crippen LogP contribution is -2.24. The van der Waals surface area contributed by atoms with Crippen molar-refractivity contribution in [2.24, 2.45) is 0 Å². The molecular formula is C22H20Cl2N2O4. The zero-order chi connectivity index (χ0) is 21.8. The average molecular weight is 447 g/mol. The molecule has 0 radical (unpaired) electrons. The Morgan fingerprint density at radius 1 is 1.00 bits per heavy atom. The number of carbonyl (C=O) groups excluding carboxylic acids is 2. The van der Waals surface area contributed by atoms with Crippen molar-refractivity contribution in [3.05, 3.63) is 63.3 Å². The summed E-state index contributed by atoms with van der Waals surface area (Å²) in [6.07, 6.45) is 0. The van der Waals surface area contributed by atoms with Crippen molar-refractivity contribution in [1.82, 2.24) is 4.98 Å². The van der Waals surface area contributed by atoms with E-state index in [1.54, 1.807) is 12.1 Å². The number of anilines is 1. The molecule has 1 aromatic heterocycles. The first kappa shape index (κ1) is 21.9. The van der Waals surface area contributed by atoms with Crippen LogP contribution in [0.3, 0.4) is 0 Å². The fourth-order valence-electron chi connectivity index (χ4n) is 2.89. The number of amides is 1. The molecule has 0 atom stereocenters. The number of benzene rings is 2. The van der Waals surface area contributed by atoms with E-state index >= 15 is 0 Å². The van der Waals surface area contributed by atoms with Crippen LogP contribution in [0.5, 0.6) is 5.75 Å². The van der Waals surface area contributed by atoms with Crippen LogP contribution in [-0.4, -0.2) is 30.1 Å². The number of rotatable bonds is 6. The number of fused-ring (bicyclic) bond motifs is 1. The van der Waals surface area contributed by atoms with Crippen LogP contribution < -0.4 is 10.1 Å². The van der Waals surface area contributed by atoms with E-state index in [1.165, 1.54) is 6.07 Å². The summed E-state index contributed by atoms with van der Waals surface area (Å²) in [4.78, 5) is 28.5. The van der Waals surface area contributed by atoms with Crippen LogP contribution >= 0.6 is 23.2 Å². The predicted molar refractivity (Wildman–Crippen MR) is 117 cm³/mol. The van der Waals surface area contributed by atoms with Crippen molar-refractivity contribution in [2.45, 2.75) is 20.8 Å². The zero-order valence-corrected chi connectivity index (χ0v) is 18.2. The van der Waals surface area contributed by atoms with Gasteiger partial charge in [0.05, 0.1) is 10.0 Å². The van der Waals surface area contributed by atoms with Gasteiger partial charge < -0.3 is 14.8 Å². The summed E-state index contributed by atoms with van der Waals surface area (Å²) in [6.45, 7) is 4.82. The van der Waals surface area contributed by atoms with Gasteiger partial charge in [0, 0.05) is 16.8 Å². The topological polar surface area (TPSA) is 77.5 Å². The lowest BCUT2D eigenvalue weighted by atomic mass is 10.1. The lowest BCUT2D eigenvalue weighted by Gasteiger charge is -2.12. The molecule has 1 N–H and O–H groups in total. The third-order valence-electron chi connectivity index (χ3n) is 4.33. The van der Waals surface area contributed by atoms with Crippen LogP contribution in [0.25, 0.3) is 10.9 Å². The Hall–Kier alpha value is -2.83. The Morgan fingerprint density at radius 3 is 2.50 bits per heavy atom. The maximum absolute atomic E-state index is 12.1. The molecule has 0 fully saturated rings. The lowest BCUT2D eigenvalue weighted by molar-refractivity contribution is -0.149. The number of pyridine rings is 1. The number of aromatic nitrogens is 1. The smallest absolute Gasteiger partial charge is 0.344 e. The van der Waals surface area contributed by atoms with E-state index < -0.39 is 25.1 Å². The molecule has 0 aliphatic rings.